The van der Waals surface area contributed by atoms with E-state index in [1.807, 2.05) is 12.2 Å². The van der Waals surface area contributed by atoms with Crippen molar-refractivity contribution in [3.8, 4) is 0 Å². The number of nitrogens with one attached hydrogen (secondary N) is 1. The average Bonchev–Trinajstić information content (AvgIpc) is 3.08. The predicted octanol–water partition coefficient (Wildman–Crippen LogP) is 8.66. The number of carboxylic acid groups (broad SMARTS) is 1. The molecule has 0 heterocycles. The molecule has 0 spiro atoms. The molecule has 0 fully saturated rings. The molecule has 3 atom stereocenters. The molecule has 0 saturated heterocycles. The van der Waals surface area contributed by atoms with E-state index in [2.05, 4.69) is 55.6 Å². The minimum absolute atomic E-state index is 0.0686. The number of aliphatic hydroxyl groups is 1. The second-order valence-corrected chi connectivity index (χ2v) is 13.9. The molecule has 0 aliphatic carbocycles. The van der Waals surface area contributed by atoms with Crippen molar-refractivity contribution in [2.75, 3.05) is 19.8 Å². The van der Waals surface area contributed by atoms with E-state index in [9.17, 15) is 34.1 Å². The van der Waals surface area contributed by atoms with Crippen LogP contribution in [0.3, 0.4) is 0 Å². The molecule has 0 aliphatic rings. The second kappa shape index (κ2) is 33.6. The molecular formula is C38H66NO10P. The van der Waals surface area contributed by atoms with Crippen LogP contribution >= 0.6 is 7.82 Å². The molecule has 288 valence electrons. The number of ether oxygens (including phenoxy) is 1. The number of unbranched alkanes of at least 4 members (excludes halogenated alkanes) is 12. The van der Waals surface area contributed by atoms with E-state index in [4.69, 9.17) is 13.8 Å². The third kappa shape index (κ3) is 32.6. The zero-order valence-electron chi connectivity index (χ0n) is 30.7. The zero-order chi connectivity index (χ0) is 37.1. The van der Waals surface area contributed by atoms with Crippen LogP contribution in [0, 0.1) is 0 Å². The van der Waals surface area contributed by atoms with Gasteiger partial charge in [-0.15, -0.1) is 0 Å². The molecule has 11 nitrogen and oxygen atoms in total. The van der Waals surface area contributed by atoms with Crippen molar-refractivity contribution in [3.63, 3.8) is 0 Å². The Morgan fingerprint density at radius 1 is 0.640 bits per heavy atom. The number of aliphatic carboxylic acids is 1. The van der Waals surface area contributed by atoms with Crippen LogP contribution in [-0.2, 0) is 32.7 Å². The van der Waals surface area contributed by atoms with Crippen LogP contribution in [0.2, 0.25) is 0 Å². The van der Waals surface area contributed by atoms with Gasteiger partial charge in [-0.3, -0.25) is 18.6 Å². The van der Waals surface area contributed by atoms with Crippen molar-refractivity contribution < 1.29 is 47.8 Å². The minimum Gasteiger partial charge on any atom is -0.480 e. The van der Waals surface area contributed by atoms with E-state index in [0.29, 0.717) is 19.3 Å². The Bertz CT molecular complexity index is 1040. The Kier molecular flexibility index (Phi) is 31.9. The van der Waals surface area contributed by atoms with Crippen LogP contribution in [0.25, 0.3) is 0 Å². The Balaban J connectivity index is 4.09. The van der Waals surface area contributed by atoms with Crippen LogP contribution in [0.1, 0.15) is 142 Å². The second-order valence-electron chi connectivity index (χ2n) is 12.4. The lowest BCUT2D eigenvalue weighted by molar-refractivity contribution is -0.147. The maximum Gasteiger partial charge on any atom is 0.472 e. The molecule has 0 radical (unpaired) electrons. The summed E-state index contributed by atoms with van der Waals surface area (Å²) in [7, 11) is -4.76. The van der Waals surface area contributed by atoms with Crippen LogP contribution < -0.4 is 5.32 Å². The molecule has 0 aromatic rings. The number of esters is 1. The lowest BCUT2D eigenvalue weighted by Crippen LogP contribution is -2.43. The maximum atomic E-state index is 12.2. The lowest BCUT2D eigenvalue weighted by Gasteiger charge is -2.18. The predicted molar refractivity (Wildman–Crippen MR) is 199 cm³/mol. The van der Waals surface area contributed by atoms with Crippen molar-refractivity contribution in [1.82, 2.24) is 5.32 Å². The summed E-state index contributed by atoms with van der Waals surface area (Å²) in [6, 6.07) is -1.57. The van der Waals surface area contributed by atoms with Gasteiger partial charge in [0.1, 0.15) is 12.7 Å². The molecule has 0 bridgehead atoms. The monoisotopic (exact) mass is 727 g/mol. The van der Waals surface area contributed by atoms with Crippen molar-refractivity contribution in [3.05, 3.63) is 48.6 Å². The number of rotatable bonds is 34. The van der Waals surface area contributed by atoms with Gasteiger partial charge in [-0.05, 0) is 51.4 Å². The van der Waals surface area contributed by atoms with Crippen molar-refractivity contribution >= 4 is 25.7 Å². The van der Waals surface area contributed by atoms with Crippen molar-refractivity contribution in [2.24, 2.45) is 0 Å². The summed E-state index contributed by atoms with van der Waals surface area (Å²) < 4.78 is 26.6. The quantitative estimate of drug-likeness (QED) is 0.0218. The normalized spacial score (nSPS) is 14.5. The summed E-state index contributed by atoms with van der Waals surface area (Å²) in [4.78, 5) is 45.6. The number of carboxylic acids is 1. The van der Waals surface area contributed by atoms with Gasteiger partial charge in [0, 0.05) is 12.8 Å². The van der Waals surface area contributed by atoms with Gasteiger partial charge >= 0.3 is 19.8 Å². The molecule has 1 amide bonds. The van der Waals surface area contributed by atoms with E-state index in [-0.39, 0.29) is 12.8 Å². The van der Waals surface area contributed by atoms with Gasteiger partial charge in [-0.1, -0.05) is 127 Å². The summed E-state index contributed by atoms with van der Waals surface area (Å²) >= 11 is 0. The third-order valence-corrected chi connectivity index (χ3v) is 8.57. The molecule has 12 heteroatoms. The van der Waals surface area contributed by atoms with Gasteiger partial charge in [0.15, 0.2) is 6.04 Å². The largest absolute Gasteiger partial charge is 0.480 e. The summed E-state index contributed by atoms with van der Waals surface area (Å²) in [5.41, 5.74) is 0. The lowest BCUT2D eigenvalue weighted by atomic mass is 10.1. The minimum atomic E-state index is -4.76. The van der Waals surface area contributed by atoms with Gasteiger partial charge in [-0.25, -0.2) is 9.36 Å². The molecule has 0 rings (SSSR count). The Morgan fingerprint density at radius 2 is 1.12 bits per heavy atom. The SMILES string of the molecule is CCCCC/C=C\C/C=C\C/C=C\C/C=C\CCCC(=O)NC(COP(=O)(O)OCC(O)COC(=O)CCCCCCCCCCC)C(=O)O. The Morgan fingerprint density at radius 3 is 1.68 bits per heavy atom. The first-order chi connectivity index (χ1) is 24.1. The summed E-state index contributed by atoms with van der Waals surface area (Å²) in [6.45, 7) is 2.46. The zero-order valence-corrected chi connectivity index (χ0v) is 31.6. The number of amides is 1. The number of phosphoric acid groups is 1. The first-order valence-corrected chi connectivity index (χ1v) is 20.2. The maximum absolute atomic E-state index is 12.2. The number of hydrogen-bond donors (Lipinski definition) is 4. The first kappa shape index (κ1) is 47.4. The highest BCUT2D eigenvalue weighted by Gasteiger charge is 2.28. The molecule has 0 aromatic heterocycles. The molecule has 50 heavy (non-hydrogen) atoms. The molecule has 0 saturated carbocycles. The van der Waals surface area contributed by atoms with Gasteiger partial charge in [0.25, 0.3) is 0 Å². The number of allylic oxidation sites excluding steroid dienone is 8. The van der Waals surface area contributed by atoms with Gasteiger partial charge in [-0.2, -0.15) is 0 Å². The average molecular weight is 728 g/mol. The van der Waals surface area contributed by atoms with Crippen molar-refractivity contribution in [1.29, 1.82) is 0 Å². The number of carbonyl (C=O) groups excluding carboxylic acids is 2. The summed E-state index contributed by atoms with van der Waals surface area (Å²) in [6.07, 6.45) is 34.5. The van der Waals surface area contributed by atoms with Crippen LogP contribution in [0.5, 0.6) is 0 Å². The van der Waals surface area contributed by atoms with E-state index in [0.717, 1.165) is 44.9 Å². The van der Waals surface area contributed by atoms with E-state index in [1.165, 1.54) is 51.4 Å². The molecule has 0 aromatic carbocycles. The van der Waals surface area contributed by atoms with Gasteiger partial charge in [0.2, 0.25) is 5.91 Å². The Labute approximate surface area is 301 Å². The van der Waals surface area contributed by atoms with Crippen LogP contribution in [0.15, 0.2) is 48.6 Å². The summed E-state index contributed by atoms with van der Waals surface area (Å²) in [5, 5.41) is 21.6. The smallest absolute Gasteiger partial charge is 0.472 e. The van der Waals surface area contributed by atoms with Gasteiger partial charge < -0.3 is 25.2 Å². The fraction of sp³-hybridized carbons (Fsp3) is 0.711. The standard InChI is InChI=1S/C38H66NO10P/c1-3-5-7-9-11-13-14-15-16-17-18-19-20-22-23-25-27-29-36(41)39-35(38(43)44)33-49-50(45,46)48-32-34(40)31-47-37(42)30-28-26-24-21-12-10-8-6-4-2/h11,13,15-16,18-19,22-23,34-35,40H,3-10,12,14,17,20-21,24-33H2,1-2H3,(H,39,41)(H,43,44)(H,45,46)/b13-11-,16-15-,19-18-,23-22-. The van der Waals surface area contributed by atoms with Gasteiger partial charge in [0.05, 0.1) is 13.2 Å². The van der Waals surface area contributed by atoms with E-state index in [1.54, 1.807) is 0 Å². The van der Waals surface area contributed by atoms with E-state index >= 15 is 0 Å². The number of hydrogen-bond acceptors (Lipinski definition) is 8. The Hall–Kier alpha value is -2.56. The van der Waals surface area contributed by atoms with Crippen LogP contribution in [0.4, 0.5) is 0 Å². The fourth-order valence-electron chi connectivity index (χ4n) is 4.66. The number of aliphatic hydroxyl groups excluding tert-OH is 1. The topological polar surface area (TPSA) is 169 Å². The van der Waals surface area contributed by atoms with Crippen LogP contribution in [-0.4, -0.2) is 64.9 Å². The molecular weight excluding hydrogens is 661 g/mol. The highest BCUT2D eigenvalue weighted by Crippen LogP contribution is 2.43. The first-order valence-electron chi connectivity index (χ1n) is 18.7. The molecule has 4 N–H and O–H groups in total. The van der Waals surface area contributed by atoms with Crippen molar-refractivity contribution in [2.45, 2.75) is 154 Å². The summed E-state index contributed by atoms with van der Waals surface area (Å²) in [5.74, 6) is -2.46. The highest BCUT2D eigenvalue weighted by molar-refractivity contribution is 7.47. The molecule has 0 aliphatic heterocycles. The molecule has 3 unspecified atom stereocenters. The number of carbonyl (C=O) groups is 3. The number of phosphoric ester groups is 1. The third-order valence-electron chi connectivity index (χ3n) is 7.62. The van der Waals surface area contributed by atoms with E-state index < -0.39 is 57.6 Å². The fourth-order valence-corrected chi connectivity index (χ4v) is 5.43. The highest BCUT2D eigenvalue weighted by atomic mass is 31.2.